The molecule has 0 saturated carbocycles. The van der Waals surface area contributed by atoms with Crippen LogP contribution in [0.2, 0.25) is 0 Å². The second kappa shape index (κ2) is 7.75. The third kappa shape index (κ3) is 3.81. The molecule has 0 unspecified atom stereocenters. The van der Waals surface area contributed by atoms with Crippen molar-refractivity contribution in [1.82, 2.24) is 14.9 Å². The number of imidazole rings is 1. The average Bonchev–Trinajstić information content (AvgIpc) is 3.03. The van der Waals surface area contributed by atoms with E-state index in [1.165, 1.54) is 0 Å². The van der Waals surface area contributed by atoms with E-state index in [9.17, 15) is 4.79 Å². The number of methoxy groups -OCH3 is 1. The number of benzene rings is 2. The van der Waals surface area contributed by atoms with Crippen molar-refractivity contribution in [2.45, 2.75) is 19.6 Å². The van der Waals surface area contributed by atoms with Gasteiger partial charge in [0.05, 0.1) is 24.0 Å². The monoisotopic (exact) mass is 323 g/mol. The zero-order valence-corrected chi connectivity index (χ0v) is 13.7. The Balaban J connectivity index is 1.48. The maximum atomic E-state index is 12.1. The van der Waals surface area contributed by atoms with Crippen molar-refractivity contribution in [1.29, 1.82) is 0 Å². The molecule has 1 amide bonds. The molecule has 0 atom stereocenters. The lowest BCUT2D eigenvalue weighted by Crippen LogP contribution is -2.25. The Morgan fingerprint density at radius 1 is 1.17 bits per heavy atom. The van der Waals surface area contributed by atoms with Crippen LogP contribution in [-0.2, 0) is 17.9 Å². The summed E-state index contributed by atoms with van der Waals surface area (Å²) in [6.45, 7) is 2.01. The van der Waals surface area contributed by atoms with E-state index in [4.69, 9.17) is 4.74 Å². The summed E-state index contributed by atoms with van der Waals surface area (Å²) < 4.78 is 7.18. The molecule has 0 bridgehead atoms. The highest BCUT2D eigenvalue weighted by Gasteiger charge is 2.05. The van der Waals surface area contributed by atoms with Gasteiger partial charge in [-0.05, 0) is 36.2 Å². The molecule has 0 aliphatic rings. The molecular formula is C19H21N3O2. The number of nitrogens with one attached hydrogen (secondary N) is 1. The van der Waals surface area contributed by atoms with Crippen LogP contribution in [0, 0.1) is 0 Å². The Morgan fingerprint density at radius 2 is 1.96 bits per heavy atom. The first-order valence-electron chi connectivity index (χ1n) is 8.04. The summed E-state index contributed by atoms with van der Waals surface area (Å²) in [5.41, 5.74) is 3.85. The maximum absolute atomic E-state index is 12.1. The number of nitrogens with zero attached hydrogens (tertiary/aromatic N) is 2. The summed E-state index contributed by atoms with van der Waals surface area (Å²) >= 11 is 0. The van der Waals surface area contributed by atoms with Gasteiger partial charge in [-0.3, -0.25) is 4.79 Å². The van der Waals surface area contributed by atoms with Gasteiger partial charge in [-0.15, -0.1) is 0 Å². The summed E-state index contributed by atoms with van der Waals surface area (Å²) in [5.74, 6) is -0.0468. The van der Waals surface area contributed by atoms with Crippen LogP contribution in [0.3, 0.4) is 0 Å². The van der Waals surface area contributed by atoms with Gasteiger partial charge in [-0.2, -0.15) is 0 Å². The minimum atomic E-state index is -0.0468. The molecule has 0 fully saturated rings. The molecule has 5 heteroatoms. The van der Waals surface area contributed by atoms with Crippen LogP contribution in [0.15, 0.2) is 54.9 Å². The van der Waals surface area contributed by atoms with Gasteiger partial charge in [-0.1, -0.05) is 24.3 Å². The lowest BCUT2D eigenvalue weighted by molar-refractivity contribution is 0.0952. The number of carbonyl (C=O) groups is 1. The van der Waals surface area contributed by atoms with E-state index in [0.29, 0.717) is 18.7 Å². The fourth-order valence-corrected chi connectivity index (χ4v) is 2.66. The van der Waals surface area contributed by atoms with Crippen molar-refractivity contribution < 1.29 is 9.53 Å². The van der Waals surface area contributed by atoms with E-state index in [1.54, 1.807) is 7.11 Å². The van der Waals surface area contributed by atoms with Crippen molar-refractivity contribution in [2.75, 3.05) is 13.7 Å². The molecular weight excluding hydrogens is 302 g/mol. The van der Waals surface area contributed by atoms with Crippen molar-refractivity contribution in [3.8, 4) is 0 Å². The molecule has 1 aromatic heterocycles. The summed E-state index contributed by atoms with van der Waals surface area (Å²) in [7, 11) is 1.66. The molecule has 0 spiro atoms. The Kier molecular flexibility index (Phi) is 5.23. The first-order valence-corrected chi connectivity index (χ1v) is 8.04. The first kappa shape index (κ1) is 16.2. The Bertz CT molecular complexity index is 809. The standard InChI is InChI=1S/C19H21N3O2/c1-24-13-15-7-9-16(10-8-15)19(23)20-11-4-12-22-14-21-17-5-2-3-6-18(17)22/h2-3,5-10,14H,4,11-13H2,1H3,(H,20,23). The Morgan fingerprint density at radius 3 is 2.75 bits per heavy atom. The van der Waals surface area contributed by atoms with E-state index in [-0.39, 0.29) is 5.91 Å². The van der Waals surface area contributed by atoms with Crippen molar-refractivity contribution >= 4 is 16.9 Å². The third-order valence-electron chi connectivity index (χ3n) is 3.92. The molecule has 3 rings (SSSR count). The number of aryl methyl sites for hydroxylation is 1. The van der Waals surface area contributed by atoms with Crippen LogP contribution in [-0.4, -0.2) is 29.1 Å². The number of para-hydroxylation sites is 2. The molecule has 3 aromatic rings. The summed E-state index contributed by atoms with van der Waals surface area (Å²) in [5, 5.41) is 2.96. The number of amides is 1. The molecule has 1 N–H and O–H groups in total. The van der Waals surface area contributed by atoms with Crippen LogP contribution in [0.5, 0.6) is 0 Å². The number of aromatic nitrogens is 2. The maximum Gasteiger partial charge on any atom is 0.251 e. The van der Waals surface area contributed by atoms with Crippen LogP contribution in [0.25, 0.3) is 11.0 Å². The second-order valence-electron chi connectivity index (χ2n) is 5.67. The van der Waals surface area contributed by atoms with Crippen LogP contribution in [0.4, 0.5) is 0 Å². The second-order valence-corrected chi connectivity index (χ2v) is 5.67. The lowest BCUT2D eigenvalue weighted by atomic mass is 10.1. The molecule has 0 aliphatic heterocycles. The quantitative estimate of drug-likeness (QED) is 0.680. The van der Waals surface area contributed by atoms with Gasteiger partial charge in [0, 0.05) is 25.8 Å². The van der Waals surface area contributed by atoms with E-state index < -0.39 is 0 Å². The van der Waals surface area contributed by atoms with Crippen LogP contribution < -0.4 is 5.32 Å². The topological polar surface area (TPSA) is 56.1 Å². The summed E-state index contributed by atoms with van der Waals surface area (Å²) in [6.07, 6.45) is 2.70. The molecule has 2 aromatic carbocycles. The van der Waals surface area contributed by atoms with Gasteiger partial charge in [0.2, 0.25) is 0 Å². The predicted octanol–water partition coefficient (Wildman–Crippen LogP) is 3.00. The van der Waals surface area contributed by atoms with Gasteiger partial charge in [-0.25, -0.2) is 4.98 Å². The number of hydrogen-bond donors (Lipinski definition) is 1. The van der Waals surface area contributed by atoms with E-state index in [1.807, 2.05) is 48.8 Å². The lowest BCUT2D eigenvalue weighted by Gasteiger charge is -2.07. The summed E-state index contributed by atoms with van der Waals surface area (Å²) in [4.78, 5) is 16.5. The van der Waals surface area contributed by atoms with Crippen LogP contribution in [0.1, 0.15) is 22.3 Å². The first-order chi connectivity index (χ1) is 11.8. The molecule has 0 saturated heterocycles. The third-order valence-corrected chi connectivity index (χ3v) is 3.92. The number of fused-ring (bicyclic) bond motifs is 1. The Labute approximate surface area is 141 Å². The van der Waals surface area contributed by atoms with Gasteiger partial charge in [0.1, 0.15) is 0 Å². The molecule has 1 heterocycles. The number of hydrogen-bond acceptors (Lipinski definition) is 3. The predicted molar refractivity (Wildman–Crippen MR) is 93.8 cm³/mol. The zero-order chi connectivity index (χ0) is 16.8. The molecule has 0 radical (unpaired) electrons. The minimum absolute atomic E-state index is 0.0468. The largest absolute Gasteiger partial charge is 0.380 e. The van der Waals surface area contributed by atoms with Crippen LogP contribution >= 0.6 is 0 Å². The van der Waals surface area contributed by atoms with Crippen molar-refractivity contribution in [3.05, 3.63) is 66.0 Å². The highest BCUT2D eigenvalue weighted by Crippen LogP contribution is 2.12. The molecule has 0 aliphatic carbocycles. The SMILES string of the molecule is COCc1ccc(C(=O)NCCCn2cnc3ccccc32)cc1. The fraction of sp³-hybridized carbons (Fsp3) is 0.263. The Hall–Kier alpha value is -2.66. The summed E-state index contributed by atoms with van der Waals surface area (Å²) in [6, 6.07) is 15.5. The van der Waals surface area contributed by atoms with Gasteiger partial charge >= 0.3 is 0 Å². The molecule has 24 heavy (non-hydrogen) atoms. The van der Waals surface area contributed by atoms with Crippen molar-refractivity contribution in [2.24, 2.45) is 0 Å². The van der Waals surface area contributed by atoms with Crippen molar-refractivity contribution in [3.63, 3.8) is 0 Å². The minimum Gasteiger partial charge on any atom is -0.380 e. The number of carbonyl (C=O) groups excluding carboxylic acids is 1. The average molecular weight is 323 g/mol. The molecule has 5 nitrogen and oxygen atoms in total. The van der Waals surface area contributed by atoms with Gasteiger partial charge in [0.25, 0.3) is 5.91 Å². The normalized spacial score (nSPS) is 10.9. The van der Waals surface area contributed by atoms with E-state index >= 15 is 0 Å². The highest BCUT2D eigenvalue weighted by atomic mass is 16.5. The smallest absolute Gasteiger partial charge is 0.251 e. The highest BCUT2D eigenvalue weighted by molar-refractivity contribution is 5.94. The van der Waals surface area contributed by atoms with E-state index in [2.05, 4.69) is 20.9 Å². The fourth-order valence-electron chi connectivity index (χ4n) is 2.66. The number of ether oxygens (including phenoxy) is 1. The van der Waals surface area contributed by atoms with Gasteiger partial charge in [0.15, 0.2) is 0 Å². The number of rotatable bonds is 7. The zero-order valence-electron chi connectivity index (χ0n) is 13.7. The molecule has 124 valence electrons. The van der Waals surface area contributed by atoms with Gasteiger partial charge < -0.3 is 14.6 Å². The van der Waals surface area contributed by atoms with E-state index in [0.717, 1.165) is 29.6 Å².